The van der Waals surface area contributed by atoms with Crippen molar-refractivity contribution in [3.05, 3.63) is 0 Å². The van der Waals surface area contributed by atoms with Gasteiger partial charge in [-0.05, 0) is 12.8 Å². The van der Waals surface area contributed by atoms with Gasteiger partial charge in [0.05, 0.1) is 7.11 Å². The molecule has 0 aromatic carbocycles. The van der Waals surface area contributed by atoms with Crippen LogP contribution in [0.25, 0.3) is 0 Å². The summed E-state index contributed by atoms with van der Waals surface area (Å²) >= 11 is 0. The SMILES string of the molecule is CCCCN(CCCC)C(O)C(=O)OC. The molecule has 0 aliphatic heterocycles. The highest BCUT2D eigenvalue weighted by atomic mass is 16.5. The number of aliphatic hydroxyl groups excluding tert-OH is 1. The van der Waals surface area contributed by atoms with Gasteiger partial charge in [0.25, 0.3) is 0 Å². The van der Waals surface area contributed by atoms with Gasteiger partial charge in [-0.1, -0.05) is 26.7 Å². The molecule has 0 rings (SSSR count). The average Bonchev–Trinajstić information content (AvgIpc) is 2.27. The van der Waals surface area contributed by atoms with E-state index in [9.17, 15) is 9.90 Å². The van der Waals surface area contributed by atoms with Crippen molar-refractivity contribution in [2.24, 2.45) is 0 Å². The topological polar surface area (TPSA) is 49.8 Å². The Morgan fingerprint density at radius 1 is 1.27 bits per heavy atom. The first-order valence-electron chi connectivity index (χ1n) is 5.67. The Labute approximate surface area is 92.2 Å². The van der Waals surface area contributed by atoms with E-state index in [0.29, 0.717) is 0 Å². The van der Waals surface area contributed by atoms with Crippen LogP contribution < -0.4 is 0 Å². The molecule has 15 heavy (non-hydrogen) atoms. The van der Waals surface area contributed by atoms with Crippen LogP contribution in [0.3, 0.4) is 0 Å². The summed E-state index contributed by atoms with van der Waals surface area (Å²) in [7, 11) is 1.30. The molecule has 0 saturated carbocycles. The molecule has 1 unspecified atom stereocenters. The lowest BCUT2D eigenvalue weighted by Crippen LogP contribution is -2.42. The fourth-order valence-electron chi connectivity index (χ4n) is 1.33. The second-order valence-electron chi connectivity index (χ2n) is 3.64. The van der Waals surface area contributed by atoms with Gasteiger partial charge < -0.3 is 9.84 Å². The summed E-state index contributed by atoms with van der Waals surface area (Å²) in [6, 6.07) is 0. The van der Waals surface area contributed by atoms with Gasteiger partial charge in [-0.3, -0.25) is 4.90 Å². The molecular formula is C11H23NO3. The zero-order valence-corrected chi connectivity index (χ0v) is 10.0. The van der Waals surface area contributed by atoms with Gasteiger partial charge in [-0.2, -0.15) is 0 Å². The van der Waals surface area contributed by atoms with E-state index in [1.165, 1.54) is 7.11 Å². The molecule has 0 fully saturated rings. The van der Waals surface area contributed by atoms with Gasteiger partial charge in [-0.25, -0.2) is 4.79 Å². The lowest BCUT2D eigenvalue weighted by molar-refractivity contribution is -0.161. The quantitative estimate of drug-likeness (QED) is 0.493. The van der Waals surface area contributed by atoms with Gasteiger partial charge in [0.1, 0.15) is 0 Å². The third-order valence-corrected chi connectivity index (χ3v) is 2.36. The Balaban J connectivity index is 4.12. The third-order valence-electron chi connectivity index (χ3n) is 2.36. The Morgan fingerprint density at radius 2 is 1.73 bits per heavy atom. The molecule has 0 spiro atoms. The first kappa shape index (κ1) is 14.4. The summed E-state index contributed by atoms with van der Waals surface area (Å²) in [6.45, 7) is 5.66. The maximum Gasteiger partial charge on any atom is 0.350 e. The molecule has 0 saturated heterocycles. The lowest BCUT2D eigenvalue weighted by atomic mass is 10.2. The van der Waals surface area contributed by atoms with Crippen molar-refractivity contribution < 1.29 is 14.6 Å². The van der Waals surface area contributed by atoms with Gasteiger partial charge >= 0.3 is 5.97 Å². The Hall–Kier alpha value is -0.610. The number of esters is 1. The largest absolute Gasteiger partial charge is 0.466 e. The van der Waals surface area contributed by atoms with Crippen molar-refractivity contribution in [1.29, 1.82) is 0 Å². The zero-order valence-electron chi connectivity index (χ0n) is 10.0. The van der Waals surface area contributed by atoms with E-state index in [4.69, 9.17) is 0 Å². The first-order valence-corrected chi connectivity index (χ1v) is 5.67. The molecule has 4 nitrogen and oxygen atoms in total. The van der Waals surface area contributed by atoms with Crippen molar-refractivity contribution in [3.63, 3.8) is 0 Å². The molecule has 0 heterocycles. The Morgan fingerprint density at radius 3 is 2.07 bits per heavy atom. The molecule has 90 valence electrons. The number of nitrogens with zero attached hydrogens (tertiary/aromatic N) is 1. The van der Waals surface area contributed by atoms with E-state index in [0.717, 1.165) is 38.8 Å². The number of carbonyl (C=O) groups excluding carboxylic acids is 1. The van der Waals surface area contributed by atoms with Crippen LogP contribution in [0.2, 0.25) is 0 Å². The van der Waals surface area contributed by atoms with E-state index in [2.05, 4.69) is 18.6 Å². The number of hydrogen-bond donors (Lipinski definition) is 1. The molecule has 0 aliphatic carbocycles. The number of methoxy groups -OCH3 is 1. The summed E-state index contributed by atoms with van der Waals surface area (Å²) in [5.74, 6) is -0.567. The van der Waals surface area contributed by atoms with Crippen LogP contribution in [-0.4, -0.2) is 42.4 Å². The highest BCUT2D eigenvalue weighted by Gasteiger charge is 2.22. The fourth-order valence-corrected chi connectivity index (χ4v) is 1.33. The van der Waals surface area contributed by atoms with Gasteiger partial charge in [0.2, 0.25) is 6.23 Å². The predicted molar refractivity (Wildman–Crippen MR) is 59.4 cm³/mol. The highest BCUT2D eigenvalue weighted by molar-refractivity contribution is 5.73. The molecule has 0 aromatic heterocycles. The van der Waals surface area contributed by atoms with E-state index < -0.39 is 12.2 Å². The van der Waals surface area contributed by atoms with E-state index in [1.54, 1.807) is 4.90 Å². The summed E-state index contributed by atoms with van der Waals surface area (Å²) < 4.78 is 4.52. The number of hydrogen-bond acceptors (Lipinski definition) is 4. The zero-order chi connectivity index (χ0) is 11.7. The second kappa shape index (κ2) is 8.68. The lowest BCUT2D eigenvalue weighted by Gasteiger charge is -2.25. The monoisotopic (exact) mass is 217 g/mol. The van der Waals surface area contributed by atoms with Crippen LogP contribution in [0.1, 0.15) is 39.5 Å². The maximum atomic E-state index is 11.2. The summed E-state index contributed by atoms with van der Waals surface area (Å²) in [6.07, 6.45) is 2.97. The summed E-state index contributed by atoms with van der Waals surface area (Å²) in [4.78, 5) is 12.9. The first-order chi connectivity index (χ1) is 7.17. The molecule has 0 amide bonds. The predicted octanol–water partition coefficient (Wildman–Crippen LogP) is 1.38. The summed E-state index contributed by atoms with van der Waals surface area (Å²) in [5, 5.41) is 9.68. The normalized spacial score (nSPS) is 12.9. The van der Waals surface area contributed by atoms with Crippen LogP contribution in [0.5, 0.6) is 0 Å². The molecule has 0 aromatic rings. The van der Waals surface area contributed by atoms with Crippen LogP contribution in [0.4, 0.5) is 0 Å². The molecule has 0 bridgehead atoms. The maximum absolute atomic E-state index is 11.2. The number of ether oxygens (including phenoxy) is 1. The minimum atomic E-state index is -1.10. The average molecular weight is 217 g/mol. The van der Waals surface area contributed by atoms with E-state index in [1.807, 2.05) is 0 Å². The molecule has 0 aliphatic rings. The standard InChI is InChI=1S/C11H23NO3/c1-4-6-8-12(9-7-5-2)10(13)11(14)15-3/h10,13H,4-9H2,1-3H3. The van der Waals surface area contributed by atoms with Crippen LogP contribution in [0, 0.1) is 0 Å². The smallest absolute Gasteiger partial charge is 0.350 e. The van der Waals surface area contributed by atoms with Gasteiger partial charge in [0.15, 0.2) is 0 Å². The molecule has 1 atom stereocenters. The van der Waals surface area contributed by atoms with Gasteiger partial charge in [-0.15, -0.1) is 0 Å². The molecular weight excluding hydrogens is 194 g/mol. The van der Waals surface area contributed by atoms with Crippen molar-refractivity contribution in [2.75, 3.05) is 20.2 Å². The van der Waals surface area contributed by atoms with E-state index in [-0.39, 0.29) is 0 Å². The van der Waals surface area contributed by atoms with Crippen LogP contribution >= 0.6 is 0 Å². The van der Waals surface area contributed by atoms with Crippen molar-refractivity contribution >= 4 is 5.97 Å². The molecule has 1 N–H and O–H groups in total. The molecule has 4 heteroatoms. The Kier molecular flexibility index (Phi) is 8.33. The van der Waals surface area contributed by atoms with Gasteiger partial charge in [0, 0.05) is 13.1 Å². The fraction of sp³-hybridized carbons (Fsp3) is 0.909. The minimum absolute atomic E-state index is 0.567. The minimum Gasteiger partial charge on any atom is -0.466 e. The number of unbranched alkanes of at least 4 members (excludes halogenated alkanes) is 2. The number of rotatable bonds is 8. The third kappa shape index (κ3) is 5.74. The number of aliphatic hydroxyl groups is 1. The second-order valence-corrected chi connectivity index (χ2v) is 3.64. The summed E-state index contributed by atoms with van der Waals surface area (Å²) in [5.41, 5.74) is 0. The van der Waals surface area contributed by atoms with Crippen LogP contribution in [-0.2, 0) is 9.53 Å². The van der Waals surface area contributed by atoms with Crippen LogP contribution in [0.15, 0.2) is 0 Å². The molecule has 0 radical (unpaired) electrons. The highest BCUT2D eigenvalue weighted by Crippen LogP contribution is 2.04. The van der Waals surface area contributed by atoms with Crippen molar-refractivity contribution in [2.45, 2.75) is 45.8 Å². The Bertz CT molecular complexity index is 165. The van der Waals surface area contributed by atoms with E-state index >= 15 is 0 Å². The number of carbonyl (C=O) groups is 1. The van der Waals surface area contributed by atoms with Crippen molar-refractivity contribution in [1.82, 2.24) is 4.90 Å². The van der Waals surface area contributed by atoms with Crippen molar-refractivity contribution in [3.8, 4) is 0 Å².